The normalized spacial score (nSPS) is 12.3. The minimum absolute atomic E-state index is 0.0543. The molecule has 0 atom stereocenters. The molecule has 108 valence electrons. The summed E-state index contributed by atoms with van der Waals surface area (Å²) in [5.74, 6) is -1.95. The van der Waals surface area contributed by atoms with Gasteiger partial charge in [0.1, 0.15) is 0 Å². The van der Waals surface area contributed by atoms with Crippen molar-refractivity contribution in [2.45, 2.75) is 6.18 Å². The molecule has 0 saturated carbocycles. The molecule has 2 aromatic heterocycles. The van der Waals surface area contributed by atoms with Gasteiger partial charge in [-0.15, -0.1) is 0 Å². The molecule has 0 spiro atoms. The quantitative estimate of drug-likeness (QED) is 0.901. The van der Waals surface area contributed by atoms with Crippen LogP contribution in [0.5, 0.6) is 0 Å². The molecular weight excluding hydrogens is 297 g/mol. The number of aromatic nitrogens is 3. The molecule has 0 amide bonds. The van der Waals surface area contributed by atoms with E-state index in [1.165, 1.54) is 18.5 Å². The van der Waals surface area contributed by atoms with Gasteiger partial charge < -0.3 is 0 Å². The Kier molecular flexibility index (Phi) is 3.66. The van der Waals surface area contributed by atoms with Gasteiger partial charge in [-0.2, -0.15) is 18.3 Å². The molecular formula is C10H9F3N4O2S. The highest BCUT2D eigenvalue weighted by atomic mass is 32.2. The smallest absolute Gasteiger partial charge is 0.282 e. The van der Waals surface area contributed by atoms with Crippen LogP contribution in [0.1, 0.15) is 0 Å². The van der Waals surface area contributed by atoms with Crippen molar-refractivity contribution >= 4 is 15.7 Å². The van der Waals surface area contributed by atoms with E-state index >= 15 is 0 Å². The van der Waals surface area contributed by atoms with Crippen molar-refractivity contribution in [1.29, 1.82) is 0 Å². The Balaban J connectivity index is 2.21. The van der Waals surface area contributed by atoms with Crippen LogP contribution in [0.25, 0.3) is 11.3 Å². The molecule has 0 aliphatic heterocycles. The molecule has 2 aromatic rings. The molecule has 0 radical (unpaired) electrons. The van der Waals surface area contributed by atoms with Crippen LogP contribution in [0, 0.1) is 0 Å². The molecule has 0 aliphatic carbocycles. The maximum absolute atomic E-state index is 12.1. The molecule has 2 heterocycles. The second-order valence-electron chi connectivity index (χ2n) is 3.91. The van der Waals surface area contributed by atoms with Gasteiger partial charge in [0, 0.05) is 18.0 Å². The SMILES string of the molecule is O=S(=O)(CC(F)(F)F)Nc1cncc(-c2ccn[nH]2)c1. The topological polar surface area (TPSA) is 87.7 Å². The molecule has 0 saturated heterocycles. The fourth-order valence-electron chi connectivity index (χ4n) is 1.49. The maximum Gasteiger partial charge on any atom is 0.404 e. The van der Waals surface area contributed by atoms with Crippen molar-refractivity contribution in [2.24, 2.45) is 0 Å². The molecule has 0 aromatic carbocycles. The Labute approximate surface area is 112 Å². The highest BCUT2D eigenvalue weighted by molar-refractivity contribution is 7.92. The lowest BCUT2D eigenvalue weighted by molar-refractivity contribution is -0.106. The highest BCUT2D eigenvalue weighted by Gasteiger charge is 2.35. The summed E-state index contributed by atoms with van der Waals surface area (Å²) in [7, 11) is -4.52. The van der Waals surface area contributed by atoms with E-state index in [2.05, 4.69) is 15.2 Å². The number of anilines is 1. The van der Waals surface area contributed by atoms with Gasteiger partial charge in [0.05, 0.1) is 17.6 Å². The molecule has 6 nitrogen and oxygen atoms in total. The maximum atomic E-state index is 12.1. The second kappa shape index (κ2) is 5.12. The number of halogens is 3. The minimum Gasteiger partial charge on any atom is -0.282 e. The van der Waals surface area contributed by atoms with Crippen LogP contribution < -0.4 is 4.72 Å². The average molecular weight is 306 g/mol. The Hall–Kier alpha value is -2.10. The zero-order valence-corrected chi connectivity index (χ0v) is 10.7. The van der Waals surface area contributed by atoms with Gasteiger partial charge in [-0.3, -0.25) is 14.8 Å². The van der Waals surface area contributed by atoms with Crippen molar-refractivity contribution in [2.75, 3.05) is 10.5 Å². The summed E-state index contributed by atoms with van der Waals surface area (Å²) in [6.07, 6.45) is -0.779. The van der Waals surface area contributed by atoms with E-state index in [1.807, 2.05) is 4.72 Å². The van der Waals surface area contributed by atoms with Gasteiger partial charge in [-0.05, 0) is 12.1 Å². The lowest BCUT2D eigenvalue weighted by Crippen LogP contribution is -2.27. The molecule has 0 aliphatic rings. The minimum atomic E-state index is -4.81. The summed E-state index contributed by atoms with van der Waals surface area (Å²) in [4.78, 5) is 3.77. The van der Waals surface area contributed by atoms with E-state index < -0.39 is 22.0 Å². The fourth-order valence-corrected chi connectivity index (χ4v) is 2.46. The number of pyridine rings is 1. The first-order chi connectivity index (χ1) is 9.25. The van der Waals surface area contributed by atoms with Crippen LogP contribution in [0.4, 0.5) is 18.9 Å². The van der Waals surface area contributed by atoms with E-state index in [1.54, 1.807) is 6.07 Å². The number of nitrogens with zero attached hydrogens (tertiary/aromatic N) is 2. The van der Waals surface area contributed by atoms with Crippen LogP contribution in [0.15, 0.2) is 30.7 Å². The lowest BCUT2D eigenvalue weighted by Gasteiger charge is -2.10. The number of aromatic amines is 1. The molecule has 0 bridgehead atoms. The fraction of sp³-hybridized carbons (Fsp3) is 0.200. The third-order valence-electron chi connectivity index (χ3n) is 2.18. The Morgan fingerprint density at radius 1 is 1.30 bits per heavy atom. The van der Waals surface area contributed by atoms with Crippen LogP contribution in [-0.4, -0.2) is 35.5 Å². The van der Waals surface area contributed by atoms with E-state index in [0.29, 0.717) is 11.3 Å². The predicted octanol–water partition coefficient (Wildman–Crippen LogP) is 1.78. The summed E-state index contributed by atoms with van der Waals surface area (Å²) in [6, 6.07) is 2.97. The van der Waals surface area contributed by atoms with E-state index in [9.17, 15) is 21.6 Å². The van der Waals surface area contributed by atoms with Crippen LogP contribution in [-0.2, 0) is 10.0 Å². The van der Waals surface area contributed by atoms with Crippen LogP contribution >= 0.6 is 0 Å². The Bertz CT molecular complexity index is 683. The van der Waals surface area contributed by atoms with Crippen molar-refractivity contribution in [3.8, 4) is 11.3 Å². The molecule has 2 N–H and O–H groups in total. The first-order valence-electron chi connectivity index (χ1n) is 5.27. The second-order valence-corrected chi connectivity index (χ2v) is 5.63. The number of rotatable bonds is 4. The summed E-state index contributed by atoms with van der Waals surface area (Å²) in [5.41, 5.74) is 1.01. The van der Waals surface area contributed by atoms with Gasteiger partial charge in [0.25, 0.3) is 0 Å². The molecule has 10 heteroatoms. The number of H-pyrrole nitrogens is 1. The van der Waals surface area contributed by atoms with E-state index in [4.69, 9.17) is 0 Å². The third kappa shape index (κ3) is 3.95. The first-order valence-corrected chi connectivity index (χ1v) is 6.92. The van der Waals surface area contributed by atoms with Crippen LogP contribution in [0.3, 0.4) is 0 Å². The zero-order valence-electron chi connectivity index (χ0n) is 9.85. The molecule has 20 heavy (non-hydrogen) atoms. The standard InChI is InChI=1S/C10H9F3N4O2S/c11-10(12,13)6-20(18,19)17-8-3-7(4-14-5-8)9-1-2-15-16-9/h1-5,17H,6H2,(H,15,16). The van der Waals surface area contributed by atoms with Gasteiger partial charge in [-0.25, -0.2) is 8.42 Å². The molecule has 2 rings (SSSR count). The Morgan fingerprint density at radius 2 is 2.05 bits per heavy atom. The number of alkyl halides is 3. The zero-order chi connectivity index (χ0) is 14.8. The van der Waals surface area contributed by atoms with Gasteiger partial charge >= 0.3 is 6.18 Å². The lowest BCUT2D eigenvalue weighted by atomic mass is 10.2. The van der Waals surface area contributed by atoms with Crippen molar-refractivity contribution in [1.82, 2.24) is 15.2 Å². The van der Waals surface area contributed by atoms with Crippen molar-refractivity contribution in [3.05, 3.63) is 30.7 Å². The summed E-state index contributed by atoms with van der Waals surface area (Å²) >= 11 is 0. The first kappa shape index (κ1) is 14.3. The third-order valence-corrected chi connectivity index (χ3v) is 3.43. The Morgan fingerprint density at radius 3 is 2.65 bits per heavy atom. The van der Waals surface area contributed by atoms with Crippen molar-refractivity contribution in [3.63, 3.8) is 0 Å². The predicted molar refractivity (Wildman–Crippen MR) is 65.3 cm³/mol. The number of hydrogen-bond donors (Lipinski definition) is 2. The monoisotopic (exact) mass is 306 g/mol. The summed E-state index contributed by atoms with van der Waals surface area (Å²) < 4.78 is 60.8. The average Bonchev–Trinajstić information content (AvgIpc) is 2.78. The largest absolute Gasteiger partial charge is 0.404 e. The molecule has 0 fully saturated rings. The number of hydrogen-bond acceptors (Lipinski definition) is 4. The summed E-state index contributed by atoms with van der Waals surface area (Å²) in [6.45, 7) is 0. The van der Waals surface area contributed by atoms with E-state index in [-0.39, 0.29) is 5.69 Å². The number of nitrogens with one attached hydrogen (secondary N) is 2. The number of sulfonamides is 1. The highest BCUT2D eigenvalue weighted by Crippen LogP contribution is 2.22. The van der Waals surface area contributed by atoms with Crippen molar-refractivity contribution < 1.29 is 21.6 Å². The van der Waals surface area contributed by atoms with E-state index in [0.717, 1.165) is 6.20 Å². The van der Waals surface area contributed by atoms with Crippen LogP contribution in [0.2, 0.25) is 0 Å². The van der Waals surface area contributed by atoms with Gasteiger partial charge in [0.15, 0.2) is 5.75 Å². The summed E-state index contributed by atoms with van der Waals surface area (Å²) in [5, 5.41) is 6.35. The molecule has 0 unspecified atom stereocenters. The van der Waals surface area contributed by atoms with Gasteiger partial charge in [0.2, 0.25) is 10.0 Å². The van der Waals surface area contributed by atoms with Gasteiger partial charge in [-0.1, -0.05) is 0 Å².